The van der Waals surface area contributed by atoms with E-state index in [2.05, 4.69) is 15.5 Å². The van der Waals surface area contributed by atoms with E-state index in [1.54, 1.807) is 0 Å². The number of nitrogens with zero attached hydrogens (tertiary/aromatic N) is 1. The lowest BCUT2D eigenvalue weighted by Gasteiger charge is -2.36. The summed E-state index contributed by atoms with van der Waals surface area (Å²) in [6, 6.07) is 11.0. The lowest BCUT2D eigenvalue weighted by atomic mass is 9.98. The molecule has 2 N–H and O–H groups in total. The molecule has 2 aliphatic heterocycles. The molecule has 1 aromatic carbocycles. The summed E-state index contributed by atoms with van der Waals surface area (Å²) in [5.41, 5.74) is 0.749. The van der Waals surface area contributed by atoms with Crippen molar-refractivity contribution in [2.75, 3.05) is 19.7 Å². The van der Waals surface area contributed by atoms with Gasteiger partial charge in [0.05, 0.1) is 18.8 Å². The lowest BCUT2D eigenvalue weighted by Crippen LogP contribution is -2.55. The van der Waals surface area contributed by atoms with E-state index in [4.69, 9.17) is 4.74 Å². The van der Waals surface area contributed by atoms with Crippen molar-refractivity contribution in [2.45, 2.75) is 63.8 Å². The fourth-order valence-corrected chi connectivity index (χ4v) is 3.92. The normalized spacial score (nSPS) is 23.9. The molecule has 0 unspecified atom stereocenters. The monoisotopic (exact) mass is 345 g/mol. The van der Waals surface area contributed by atoms with E-state index < -0.39 is 5.54 Å². The van der Waals surface area contributed by atoms with Crippen LogP contribution in [-0.2, 0) is 11.3 Å². The zero-order chi connectivity index (χ0) is 17.7. The van der Waals surface area contributed by atoms with Gasteiger partial charge < -0.3 is 20.3 Å². The summed E-state index contributed by atoms with van der Waals surface area (Å²) in [7, 11) is 0. The summed E-state index contributed by atoms with van der Waals surface area (Å²) >= 11 is 0. The lowest BCUT2D eigenvalue weighted by molar-refractivity contribution is 0.0737. The van der Waals surface area contributed by atoms with Gasteiger partial charge in [0, 0.05) is 18.6 Å². The van der Waals surface area contributed by atoms with E-state index in [1.807, 2.05) is 44.2 Å². The number of carbonyl (C=O) groups is 1. The molecule has 25 heavy (non-hydrogen) atoms. The number of piperidine rings is 1. The number of amides is 2. The third-order valence-electron chi connectivity index (χ3n) is 5.18. The number of hydrogen-bond acceptors (Lipinski definition) is 3. The second-order valence-electron chi connectivity index (χ2n) is 8.01. The Morgan fingerprint density at radius 1 is 1.24 bits per heavy atom. The van der Waals surface area contributed by atoms with Crippen LogP contribution in [0.3, 0.4) is 0 Å². The number of benzene rings is 1. The van der Waals surface area contributed by atoms with Crippen molar-refractivity contribution in [2.24, 2.45) is 0 Å². The fraction of sp³-hybridized carbons (Fsp3) is 0.650. The summed E-state index contributed by atoms with van der Waals surface area (Å²) in [6.45, 7) is 7.38. The van der Waals surface area contributed by atoms with E-state index in [0.29, 0.717) is 25.3 Å². The molecule has 0 saturated carbocycles. The van der Waals surface area contributed by atoms with Crippen LogP contribution in [0.5, 0.6) is 0 Å². The molecule has 0 aromatic heterocycles. The molecule has 0 bridgehead atoms. The second-order valence-corrected chi connectivity index (χ2v) is 8.01. The summed E-state index contributed by atoms with van der Waals surface area (Å²) < 4.78 is 5.78. The maximum absolute atomic E-state index is 12.4. The van der Waals surface area contributed by atoms with Crippen LogP contribution in [0.25, 0.3) is 0 Å². The third-order valence-corrected chi connectivity index (χ3v) is 5.18. The van der Waals surface area contributed by atoms with E-state index in [-0.39, 0.29) is 6.03 Å². The SMILES string of the molecule is CC(C)(COCc1ccccc1)NC(=O)N[C@@H]1CCN2CCC[C@H]2C1. The van der Waals surface area contributed by atoms with Crippen LogP contribution < -0.4 is 10.6 Å². The number of carbonyl (C=O) groups excluding carboxylic acids is 1. The Kier molecular flexibility index (Phi) is 5.97. The van der Waals surface area contributed by atoms with Crippen molar-refractivity contribution in [3.8, 4) is 0 Å². The first-order valence-electron chi connectivity index (χ1n) is 9.46. The molecule has 2 heterocycles. The average molecular weight is 345 g/mol. The Morgan fingerprint density at radius 2 is 2.04 bits per heavy atom. The highest BCUT2D eigenvalue weighted by Gasteiger charge is 2.32. The van der Waals surface area contributed by atoms with Gasteiger partial charge in [-0.2, -0.15) is 0 Å². The molecule has 2 aliphatic rings. The Morgan fingerprint density at radius 3 is 2.84 bits per heavy atom. The highest BCUT2D eigenvalue weighted by atomic mass is 16.5. The summed E-state index contributed by atoms with van der Waals surface area (Å²) in [5.74, 6) is 0. The molecule has 2 saturated heterocycles. The van der Waals surface area contributed by atoms with E-state index in [1.165, 1.54) is 19.4 Å². The molecule has 0 aliphatic carbocycles. The summed E-state index contributed by atoms with van der Waals surface area (Å²) in [6.07, 6.45) is 4.71. The molecule has 2 fully saturated rings. The van der Waals surface area contributed by atoms with E-state index in [9.17, 15) is 4.79 Å². The summed E-state index contributed by atoms with van der Waals surface area (Å²) in [5, 5.41) is 6.22. The number of fused-ring (bicyclic) bond motifs is 1. The van der Waals surface area contributed by atoms with Crippen molar-refractivity contribution in [3.05, 3.63) is 35.9 Å². The van der Waals surface area contributed by atoms with Gasteiger partial charge in [0.2, 0.25) is 0 Å². The van der Waals surface area contributed by atoms with E-state index in [0.717, 1.165) is 24.9 Å². The second kappa shape index (κ2) is 8.19. The van der Waals surface area contributed by atoms with Gasteiger partial charge in [-0.15, -0.1) is 0 Å². The molecule has 2 amide bonds. The van der Waals surface area contributed by atoms with Gasteiger partial charge in [-0.1, -0.05) is 30.3 Å². The topological polar surface area (TPSA) is 53.6 Å². The van der Waals surface area contributed by atoms with Gasteiger partial charge >= 0.3 is 6.03 Å². The Balaban J connectivity index is 1.38. The van der Waals surface area contributed by atoms with Crippen molar-refractivity contribution in [3.63, 3.8) is 0 Å². The fourth-order valence-electron chi connectivity index (χ4n) is 3.92. The standard InChI is InChI=1S/C20H31N3O2/c1-20(2,15-25-14-16-7-4-3-5-8-16)22-19(24)21-17-10-12-23-11-6-9-18(23)13-17/h3-5,7-8,17-18H,6,9-15H2,1-2H3,(H2,21,22,24)/t17-,18+/m1/s1. The number of hydrogen-bond donors (Lipinski definition) is 2. The van der Waals surface area contributed by atoms with Gasteiger partial charge in [-0.3, -0.25) is 0 Å². The molecular weight excluding hydrogens is 314 g/mol. The zero-order valence-corrected chi connectivity index (χ0v) is 15.5. The molecule has 5 nitrogen and oxygen atoms in total. The third kappa shape index (κ3) is 5.44. The van der Waals surface area contributed by atoms with Gasteiger partial charge in [0.15, 0.2) is 0 Å². The minimum Gasteiger partial charge on any atom is -0.374 e. The highest BCUT2D eigenvalue weighted by molar-refractivity contribution is 5.75. The van der Waals surface area contributed by atoms with Crippen molar-refractivity contribution in [1.29, 1.82) is 0 Å². The first kappa shape index (κ1) is 18.2. The minimum atomic E-state index is -0.396. The molecule has 0 radical (unpaired) electrons. The van der Waals surface area contributed by atoms with Crippen LogP contribution >= 0.6 is 0 Å². The van der Waals surface area contributed by atoms with Gasteiger partial charge in [0.1, 0.15) is 0 Å². The predicted octanol–water partition coefficient (Wildman–Crippen LogP) is 2.91. The molecule has 138 valence electrons. The largest absolute Gasteiger partial charge is 0.374 e. The molecule has 5 heteroatoms. The molecule has 1 aromatic rings. The van der Waals surface area contributed by atoms with E-state index >= 15 is 0 Å². The maximum atomic E-state index is 12.4. The van der Waals surface area contributed by atoms with Gasteiger partial charge in [-0.05, 0) is 51.6 Å². The van der Waals surface area contributed by atoms with Crippen molar-refractivity contribution < 1.29 is 9.53 Å². The highest BCUT2D eigenvalue weighted by Crippen LogP contribution is 2.26. The molecule has 2 atom stereocenters. The van der Waals surface area contributed by atoms with Crippen LogP contribution in [0.1, 0.15) is 45.1 Å². The van der Waals surface area contributed by atoms with Crippen LogP contribution in [0.4, 0.5) is 4.79 Å². The van der Waals surface area contributed by atoms with Gasteiger partial charge in [-0.25, -0.2) is 4.79 Å². The number of ether oxygens (including phenoxy) is 1. The first-order valence-corrected chi connectivity index (χ1v) is 9.46. The Hall–Kier alpha value is -1.59. The van der Waals surface area contributed by atoms with Gasteiger partial charge in [0.25, 0.3) is 0 Å². The molecule has 3 rings (SSSR count). The average Bonchev–Trinajstić information content (AvgIpc) is 3.02. The first-order chi connectivity index (χ1) is 12.0. The molecule has 0 spiro atoms. The Labute approximate surface area is 151 Å². The number of rotatable bonds is 6. The molecular formula is C20H31N3O2. The number of nitrogens with one attached hydrogen (secondary N) is 2. The van der Waals surface area contributed by atoms with Crippen LogP contribution in [-0.4, -0.2) is 48.3 Å². The zero-order valence-electron chi connectivity index (χ0n) is 15.5. The predicted molar refractivity (Wildman–Crippen MR) is 99.5 cm³/mol. The van der Waals surface area contributed by atoms with Crippen LogP contribution in [0, 0.1) is 0 Å². The Bertz CT molecular complexity index is 561. The maximum Gasteiger partial charge on any atom is 0.315 e. The number of urea groups is 1. The van der Waals surface area contributed by atoms with Crippen molar-refractivity contribution in [1.82, 2.24) is 15.5 Å². The van der Waals surface area contributed by atoms with Crippen molar-refractivity contribution >= 4 is 6.03 Å². The quantitative estimate of drug-likeness (QED) is 0.833. The van der Waals surface area contributed by atoms with Crippen LogP contribution in [0.2, 0.25) is 0 Å². The smallest absolute Gasteiger partial charge is 0.315 e. The summed E-state index contributed by atoms with van der Waals surface area (Å²) in [4.78, 5) is 14.9. The minimum absolute atomic E-state index is 0.0789. The van der Waals surface area contributed by atoms with Crippen LogP contribution in [0.15, 0.2) is 30.3 Å².